The van der Waals surface area contributed by atoms with Crippen LogP contribution in [0.4, 0.5) is 5.69 Å². The maximum atomic E-state index is 11.3. The first kappa shape index (κ1) is 16.6. The Morgan fingerprint density at radius 3 is 2.43 bits per heavy atom. The Bertz CT molecular complexity index is 782. The normalized spacial score (nSPS) is 11.4. The molecule has 0 spiro atoms. The van der Waals surface area contributed by atoms with Gasteiger partial charge in [-0.1, -0.05) is 39.1 Å². The first-order valence-corrected chi connectivity index (χ1v) is 8.87. The number of hydrogen-bond donors (Lipinski definition) is 2. The van der Waals surface area contributed by atoms with E-state index in [1.807, 2.05) is 12.1 Å². The van der Waals surface area contributed by atoms with Crippen molar-refractivity contribution in [2.45, 2.75) is 11.4 Å². The fraction of sp³-hybridized carbons (Fsp3) is 0.0769. The van der Waals surface area contributed by atoms with Gasteiger partial charge in [0, 0.05) is 16.0 Å². The molecule has 0 amide bonds. The van der Waals surface area contributed by atoms with Gasteiger partial charge in [0.05, 0.1) is 15.6 Å². The maximum absolute atomic E-state index is 11.3. The summed E-state index contributed by atoms with van der Waals surface area (Å²) < 4.78 is 23.6. The molecule has 0 saturated heterocycles. The summed E-state index contributed by atoms with van der Waals surface area (Å²) in [6.45, 7) is 0.395. The highest BCUT2D eigenvalue weighted by Crippen LogP contribution is 2.27. The maximum Gasteiger partial charge on any atom is 0.238 e. The summed E-state index contributed by atoms with van der Waals surface area (Å²) in [7, 11) is -3.77. The fourth-order valence-electron chi connectivity index (χ4n) is 1.69. The molecule has 2 aromatic carbocycles. The van der Waals surface area contributed by atoms with Gasteiger partial charge in [-0.25, -0.2) is 13.6 Å². The molecule has 0 aliphatic carbocycles. The van der Waals surface area contributed by atoms with Crippen LogP contribution >= 0.6 is 39.1 Å². The van der Waals surface area contributed by atoms with Crippen LogP contribution in [0.25, 0.3) is 0 Å². The van der Waals surface area contributed by atoms with Crippen molar-refractivity contribution in [1.29, 1.82) is 0 Å². The van der Waals surface area contributed by atoms with Gasteiger partial charge in [0.1, 0.15) is 0 Å². The van der Waals surface area contributed by atoms with Crippen LogP contribution in [0.3, 0.4) is 0 Å². The third-order valence-corrected chi connectivity index (χ3v) is 4.85. The monoisotopic (exact) mass is 408 g/mol. The molecule has 4 nitrogen and oxygen atoms in total. The van der Waals surface area contributed by atoms with Crippen molar-refractivity contribution in [1.82, 2.24) is 0 Å². The molecule has 0 unspecified atom stereocenters. The molecule has 0 aliphatic rings. The van der Waals surface area contributed by atoms with Crippen LogP contribution in [0, 0.1) is 0 Å². The van der Waals surface area contributed by atoms with Crippen molar-refractivity contribution >= 4 is 54.8 Å². The molecule has 0 saturated carbocycles. The van der Waals surface area contributed by atoms with Crippen LogP contribution in [0.1, 0.15) is 5.56 Å². The second-order valence-corrected chi connectivity index (χ2v) is 7.57. The van der Waals surface area contributed by atoms with Gasteiger partial charge in [-0.15, -0.1) is 0 Å². The van der Waals surface area contributed by atoms with Crippen molar-refractivity contribution in [3.05, 3.63) is 56.5 Å². The summed E-state index contributed by atoms with van der Waals surface area (Å²) in [6, 6.07) is 9.70. The average Bonchev–Trinajstić information content (AvgIpc) is 2.40. The smallest absolute Gasteiger partial charge is 0.238 e. The molecule has 0 aromatic heterocycles. The molecule has 2 rings (SSSR count). The Morgan fingerprint density at radius 1 is 1.10 bits per heavy atom. The third-order valence-electron chi connectivity index (χ3n) is 2.74. The zero-order chi connectivity index (χ0) is 15.6. The second-order valence-electron chi connectivity index (χ2n) is 4.28. The van der Waals surface area contributed by atoms with Gasteiger partial charge in [-0.05, 0) is 42.0 Å². The van der Waals surface area contributed by atoms with Gasteiger partial charge in [-0.2, -0.15) is 0 Å². The predicted octanol–water partition coefficient (Wildman–Crippen LogP) is 4.02. The van der Waals surface area contributed by atoms with E-state index in [0.717, 1.165) is 10.0 Å². The van der Waals surface area contributed by atoms with E-state index in [4.69, 9.17) is 28.3 Å². The van der Waals surface area contributed by atoms with Crippen LogP contribution in [0.2, 0.25) is 10.0 Å². The second kappa shape index (κ2) is 6.54. The molecule has 0 fully saturated rings. The molecule has 0 radical (unpaired) electrons. The van der Waals surface area contributed by atoms with Crippen LogP contribution in [-0.4, -0.2) is 8.42 Å². The lowest BCUT2D eigenvalue weighted by Gasteiger charge is -2.11. The van der Waals surface area contributed by atoms with Crippen LogP contribution < -0.4 is 10.5 Å². The minimum atomic E-state index is -3.77. The Morgan fingerprint density at radius 2 is 1.76 bits per heavy atom. The van der Waals surface area contributed by atoms with Gasteiger partial charge in [0.25, 0.3) is 0 Å². The number of nitrogens with two attached hydrogens (primary N) is 1. The summed E-state index contributed by atoms with van der Waals surface area (Å²) >= 11 is 15.5. The molecule has 0 bridgehead atoms. The molecule has 0 aliphatic heterocycles. The Hall–Kier alpha value is -0.790. The lowest BCUT2D eigenvalue weighted by atomic mass is 10.2. The quantitative estimate of drug-likeness (QED) is 0.800. The van der Waals surface area contributed by atoms with E-state index >= 15 is 0 Å². The Kier molecular flexibility index (Phi) is 5.16. The molecular formula is C13H11BrCl2N2O2S. The molecule has 112 valence electrons. The van der Waals surface area contributed by atoms with Gasteiger partial charge in [0.15, 0.2) is 0 Å². The number of hydrogen-bond acceptors (Lipinski definition) is 3. The number of benzene rings is 2. The number of anilines is 1. The predicted molar refractivity (Wildman–Crippen MR) is 89.3 cm³/mol. The van der Waals surface area contributed by atoms with Crippen molar-refractivity contribution < 1.29 is 8.42 Å². The van der Waals surface area contributed by atoms with Crippen molar-refractivity contribution in [2.75, 3.05) is 5.32 Å². The van der Waals surface area contributed by atoms with Crippen molar-refractivity contribution in [3.8, 4) is 0 Å². The molecule has 3 N–H and O–H groups in total. The van der Waals surface area contributed by atoms with Gasteiger partial charge < -0.3 is 5.32 Å². The van der Waals surface area contributed by atoms with Crippen molar-refractivity contribution in [3.63, 3.8) is 0 Å². The minimum absolute atomic E-state index is 0.00487. The van der Waals surface area contributed by atoms with Gasteiger partial charge in [-0.3, -0.25) is 0 Å². The van der Waals surface area contributed by atoms with Crippen LogP contribution in [0.5, 0.6) is 0 Å². The highest BCUT2D eigenvalue weighted by molar-refractivity contribution is 9.10. The fourth-order valence-corrected chi connectivity index (χ4v) is 3.00. The number of sulfonamides is 1. The zero-order valence-corrected chi connectivity index (χ0v) is 14.5. The number of nitrogens with one attached hydrogen (secondary N) is 1. The number of rotatable bonds is 4. The van der Waals surface area contributed by atoms with E-state index in [2.05, 4.69) is 21.2 Å². The average molecular weight is 410 g/mol. The first-order valence-electron chi connectivity index (χ1n) is 5.77. The highest BCUT2D eigenvalue weighted by Gasteiger charge is 2.11. The SMILES string of the molecule is NS(=O)(=O)c1ccc(Cl)c(NCc2cc(Br)ccc2Cl)c1. The molecule has 8 heteroatoms. The molecule has 21 heavy (non-hydrogen) atoms. The topological polar surface area (TPSA) is 72.2 Å². The van der Waals surface area contributed by atoms with Crippen LogP contribution in [-0.2, 0) is 16.6 Å². The van der Waals surface area contributed by atoms with Gasteiger partial charge in [0.2, 0.25) is 10.0 Å². The summed E-state index contributed by atoms with van der Waals surface area (Å²) in [4.78, 5) is -0.00487. The Labute approximate surface area is 141 Å². The number of primary sulfonamides is 1. The van der Waals surface area contributed by atoms with Gasteiger partial charge >= 0.3 is 0 Å². The van der Waals surface area contributed by atoms with E-state index in [0.29, 0.717) is 22.3 Å². The molecular weight excluding hydrogens is 399 g/mol. The van der Waals surface area contributed by atoms with E-state index in [-0.39, 0.29) is 4.90 Å². The van der Waals surface area contributed by atoms with E-state index in [9.17, 15) is 8.42 Å². The molecule has 0 atom stereocenters. The van der Waals surface area contributed by atoms with E-state index in [1.54, 1.807) is 6.07 Å². The van der Waals surface area contributed by atoms with Crippen molar-refractivity contribution in [2.24, 2.45) is 5.14 Å². The molecule has 0 heterocycles. The largest absolute Gasteiger partial charge is 0.380 e. The molecule has 2 aromatic rings. The number of halogens is 3. The highest BCUT2D eigenvalue weighted by atomic mass is 79.9. The summed E-state index contributed by atoms with van der Waals surface area (Å²) in [5.41, 5.74) is 1.32. The third kappa shape index (κ3) is 4.34. The minimum Gasteiger partial charge on any atom is -0.380 e. The van der Waals surface area contributed by atoms with Crippen LogP contribution in [0.15, 0.2) is 45.8 Å². The lowest BCUT2D eigenvalue weighted by molar-refractivity contribution is 0.598. The zero-order valence-electron chi connectivity index (χ0n) is 10.6. The Balaban J connectivity index is 2.26. The van der Waals surface area contributed by atoms with E-state index in [1.165, 1.54) is 18.2 Å². The summed E-state index contributed by atoms with van der Waals surface area (Å²) in [5, 5.41) is 9.15. The summed E-state index contributed by atoms with van der Waals surface area (Å²) in [5.74, 6) is 0. The summed E-state index contributed by atoms with van der Waals surface area (Å²) in [6.07, 6.45) is 0. The first-order chi connectivity index (χ1) is 9.77. The van der Waals surface area contributed by atoms with E-state index < -0.39 is 10.0 Å². The lowest BCUT2D eigenvalue weighted by Crippen LogP contribution is -2.12. The standard InChI is InChI=1S/C13H11BrCl2N2O2S/c14-9-1-3-11(15)8(5-9)7-18-13-6-10(21(17,19)20)2-4-12(13)16/h1-6,18H,7H2,(H2,17,19,20).